The molecule has 2 heteroatoms. The van der Waals surface area contributed by atoms with Gasteiger partial charge in [0.05, 0.1) is 0 Å². The maximum absolute atomic E-state index is 3.39. The molecule has 0 aromatic carbocycles. The van der Waals surface area contributed by atoms with Crippen LogP contribution in [0.15, 0.2) is 0 Å². The molecular formula is C9H20N2. The van der Waals surface area contributed by atoms with Gasteiger partial charge in [0.2, 0.25) is 0 Å². The van der Waals surface area contributed by atoms with E-state index in [1.165, 1.54) is 25.7 Å². The SMILES string of the molecule is CN[C@H]1CCCC[C@@H]1N(C)C. The summed E-state index contributed by atoms with van der Waals surface area (Å²) >= 11 is 0. The molecule has 2 nitrogen and oxygen atoms in total. The van der Waals surface area contributed by atoms with Crippen LogP contribution in [0, 0.1) is 0 Å². The second-order valence-electron chi connectivity index (χ2n) is 3.71. The summed E-state index contributed by atoms with van der Waals surface area (Å²) in [7, 11) is 6.44. The molecule has 0 aromatic heterocycles. The molecule has 0 heterocycles. The van der Waals surface area contributed by atoms with Crippen LogP contribution in [0.1, 0.15) is 25.7 Å². The fourth-order valence-electron chi connectivity index (χ4n) is 2.07. The maximum Gasteiger partial charge on any atom is 0.0243 e. The second kappa shape index (κ2) is 4.07. The quantitative estimate of drug-likeness (QED) is 0.643. The van der Waals surface area contributed by atoms with Crippen LogP contribution in [-0.4, -0.2) is 38.1 Å². The van der Waals surface area contributed by atoms with Gasteiger partial charge in [-0.3, -0.25) is 0 Å². The first-order chi connectivity index (χ1) is 5.25. The van der Waals surface area contributed by atoms with Crippen molar-refractivity contribution in [2.75, 3.05) is 21.1 Å². The number of nitrogens with zero attached hydrogens (tertiary/aromatic N) is 1. The van der Waals surface area contributed by atoms with Gasteiger partial charge in [0.25, 0.3) is 0 Å². The van der Waals surface area contributed by atoms with Crippen molar-refractivity contribution in [3.8, 4) is 0 Å². The molecule has 0 unspecified atom stereocenters. The van der Waals surface area contributed by atoms with Crippen molar-refractivity contribution in [1.82, 2.24) is 10.2 Å². The van der Waals surface area contributed by atoms with E-state index in [0.29, 0.717) is 0 Å². The number of hydrogen-bond donors (Lipinski definition) is 1. The van der Waals surface area contributed by atoms with Gasteiger partial charge in [-0.15, -0.1) is 0 Å². The number of hydrogen-bond acceptors (Lipinski definition) is 2. The minimum atomic E-state index is 0.721. The zero-order chi connectivity index (χ0) is 8.27. The minimum absolute atomic E-state index is 0.721. The van der Waals surface area contributed by atoms with Gasteiger partial charge < -0.3 is 10.2 Å². The molecule has 1 aliphatic rings. The topological polar surface area (TPSA) is 15.3 Å². The lowest BCUT2D eigenvalue weighted by Gasteiger charge is -2.35. The lowest BCUT2D eigenvalue weighted by molar-refractivity contribution is 0.183. The van der Waals surface area contributed by atoms with E-state index in [2.05, 4.69) is 31.4 Å². The predicted molar refractivity (Wildman–Crippen MR) is 48.8 cm³/mol. The highest BCUT2D eigenvalue weighted by Gasteiger charge is 2.24. The molecule has 0 spiro atoms. The molecule has 0 radical (unpaired) electrons. The predicted octanol–water partition coefficient (Wildman–Crippen LogP) is 1.08. The third-order valence-electron chi connectivity index (χ3n) is 2.76. The molecule has 66 valence electrons. The number of rotatable bonds is 2. The first-order valence-electron chi connectivity index (χ1n) is 4.59. The summed E-state index contributed by atoms with van der Waals surface area (Å²) in [6.07, 6.45) is 5.51. The Morgan fingerprint density at radius 3 is 2.27 bits per heavy atom. The minimum Gasteiger partial charge on any atom is -0.315 e. The molecule has 0 aromatic rings. The van der Waals surface area contributed by atoms with Gasteiger partial charge in [-0.05, 0) is 34.0 Å². The van der Waals surface area contributed by atoms with Crippen molar-refractivity contribution >= 4 is 0 Å². The van der Waals surface area contributed by atoms with Crippen molar-refractivity contribution < 1.29 is 0 Å². The summed E-state index contributed by atoms with van der Waals surface area (Å²) < 4.78 is 0. The van der Waals surface area contributed by atoms with Crippen LogP contribution in [0.5, 0.6) is 0 Å². The van der Waals surface area contributed by atoms with Gasteiger partial charge in [-0.25, -0.2) is 0 Å². The largest absolute Gasteiger partial charge is 0.315 e. The standard InChI is InChI=1S/C9H20N2/c1-10-8-6-4-5-7-9(8)11(2)3/h8-10H,4-7H2,1-3H3/t8-,9-/m0/s1. The lowest BCUT2D eigenvalue weighted by Crippen LogP contribution is -2.47. The third kappa shape index (κ3) is 2.17. The highest BCUT2D eigenvalue weighted by Crippen LogP contribution is 2.20. The summed E-state index contributed by atoms with van der Waals surface area (Å²) in [5.74, 6) is 0. The molecule has 1 rings (SSSR count). The van der Waals surface area contributed by atoms with Crippen LogP contribution in [0.2, 0.25) is 0 Å². The Hall–Kier alpha value is -0.0800. The first-order valence-corrected chi connectivity index (χ1v) is 4.59. The summed E-state index contributed by atoms with van der Waals surface area (Å²) in [5, 5.41) is 3.39. The van der Waals surface area contributed by atoms with E-state index < -0.39 is 0 Å². The van der Waals surface area contributed by atoms with Gasteiger partial charge >= 0.3 is 0 Å². The van der Waals surface area contributed by atoms with Gasteiger partial charge in [0.15, 0.2) is 0 Å². The van der Waals surface area contributed by atoms with Crippen LogP contribution in [0.3, 0.4) is 0 Å². The fourth-order valence-corrected chi connectivity index (χ4v) is 2.07. The van der Waals surface area contributed by atoms with E-state index in [4.69, 9.17) is 0 Å². The van der Waals surface area contributed by atoms with Gasteiger partial charge in [-0.1, -0.05) is 12.8 Å². The highest BCUT2D eigenvalue weighted by molar-refractivity contribution is 4.84. The molecular weight excluding hydrogens is 136 g/mol. The van der Waals surface area contributed by atoms with Crippen LogP contribution in [-0.2, 0) is 0 Å². The zero-order valence-electron chi connectivity index (χ0n) is 7.93. The molecule has 2 atom stereocenters. The summed E-state index contributed by atoms with van der Waals surface area (Å²) in [6.45, 7) is 0. The van der Waals surface area contributed by atoms with Gasteiger partial charge in [-0.2, -0.15) is 0 Å². The summed E-state index contributed by atoms with van der Waals surface area (Å²) in [5.41, 5.74) is 0. The van der Waals surface area contributed by atoms with Crippen LogP contribution < -0.4 is 5.32 Å². The molecule has 0 saturated heterocycles. The third-order valence-corrected chi connectivity index (χ3v) is 2.76. The average molecular weight is 156 g/mol. The van der Waals surface area contributed by atoms with E-state index in [1.807, 2.05) is 0 Å². The molecule has 0 aliphatic heterocycles. The molecule has 0 bridgehead atoms. The van der Waals surface area contributed by atoms with E-state index in [9.17, 15) is 0 Å². The van der Waals surface area contributed by atoms with E-state index in [1.54, 1.807) is 0 Å². The normalized spacial score (nSPS) is 32.7. The van der Waals surface area contributed by atoms with Gasteiger partial charge in [0, 0.05) is 12.1 Å². The average Bonchev–Trinajstić information content (AvgIpc) is 2.04. The number of likely N-dealkylation sites (N-methyl/N-ethyl adjacent to an activating group) is 2. The first kappa shape index (κ1) is 9.01. The van der Waals surface area contributed by atoms with Crippen LogP contribution in [0.25, 0.3) is 0 Å². The Bertz CT molecular complexity index is 112. The lowest BCUT2D eigenvalue weighted by atomic mass is 9.90. The van der Waals surface area contributed by atoms with Crippen LogP contribution >= 0.6 is 0 Å². The molecule has 1 saturated carbocycles. The summed E-state index contributed by atoms with van der Waals surface area (Å²) in [6, 6.07) is 1.48. The molecule has 1 N–H and O–H groups in total. The monoisotopic (exact) mass is 156 g/mol. The van der Waals surface area contributed by atoms with E-state index in [-0.39, 0.29) is 0 Å². The van der Waals surface area contributed by atoms with Gasteiger partial charge in [0.1, 0.15) is 0 Å². The van der Waals surface area contributed by atoms with Crippen molar-refractivity contribution in [3.63, 3.8) is 0 Å². The summed E-state index contributed by atoms with van der Waals surface area (Å²) in [4.78, 5) is 2.35. The van der Waals surface area contributed by atoms with Crippen molar-refractivity contribution in [2.45, 2.75) is 37.8 Å². The Morgan fingerprint density at radius 2 is 1.82 bits per heavy atom. The smallest absolute Gasteiger partial charge is 0.0243 e. The maximum atomic E-state index is 3.39. The van der Waals surface area contributed by atoms with Crippen molar-refractivity contribution in [1.29, 1.82) is 0 Å². The Labute approximate surface area is 70.0 Å². The molecule has 1 fully saturated rings. The number of nitrogens with one attached hydrogen (secondary N) is 1. The Morgan fingerprint density at radius 1 is 1.18 bits per heavy atom. The molecule has 11 heavy (non-hydrogen) atoms. The van der Waals surface area contributed by atoms with Crippen molar-refractivity contribution in [3.05, 3.63) is 0 Å². The second-order valence-corrected chi connectivity index (χ2v) is 3.71. The van der Waals surface area contributed by atoms with Crippen molar-refractivity contribution in [2.24, 2.45) is 0 Å². The van der Waals surface area contributed by atoms with Crippen LogP contribution in [0.4, 0.5) is 0 Å². The molecule has 1 aliphatic carbocycles. The van der Waals surface area contributed by atoms with E-state index in [0.717, 1.165) is 12.1 Å². The fraction of sp³-hybridized carbons (Fsp3) is 1.00. The molecule has 0 amide bonds. The van der Waals surface area contributed by atoms with E-state index >= 15 is 0 Å². The Kier molecular flexibility index (Phi) is 3.34. The zero-order valence-corrected chi connectivity index (χ0v) is 7.93. The Balaban J connectivity index is 2.44. The highest BCUT2D eigenvalue weighted by atomic mass is 15.1.